The third-order valence-electron chi connectivity index (χ3n) is 2.02. The summed E-state index contributed by atoms with van der Waals surface area (Å²) >= 11 is 5.75. The van der Waals surface area contributed by atoms with Gasteiger partial charge < -0.3 is 0 Å². The Morgan fingerprint density at radius 1 is 1.36 bits per heavy atom. The van der Waals surface area contributed by atoms with Crippen LogP contribution >= 0.6 is 11.6 Å². The highest BCUT2D eigenvalue weighted by Gasteiger charge is 2.18. The van der Waals surface area contributed by atoms with Crippen LogP contribution < -0.4 is 0 Å². The number of hydrogen-bond acceptors (Lipinski definition) is 3. The van der Waals surface area contributed by atoms with Gasteiger partial charge in [-0.15, -0.1) is 4.91 Å². The molecule has 0 amide bonds. The highest BCUT2D eigenvalue weighted by molar-refractivity contribution is 6.30. The number of amidine groups is 1. The van der Waals surface area contributed by atoms with Crippen LogP contribution in [0.2, 0.25) is 5.02 Å². The van der Waals surface area contributed by atoms with Crippen molar-refractivity contribution in [3.63, 3.8) is 0 Å². The molecule has 72 valence electrons. The van der Waals surface area contributed by atoms with E-state index in [2.05, 4.69) is 10.3 Å². The summed E-state index contributed by atoms with van der Waals surface area (Å²) in [6, 6.07) is 7.18. The molecule has 0 saturated heterocycles. The molecular formula is C9H8ClN3O. The predicted molar refractivity (Wildman–Crippen MR) is 55.4 cm³/mol. The lowest BCUT2D eigenvalue weighted by Gasteiger charge is -2.09. The molecule has 14 heavy (non-hydrogen) atoms. The molecule has 0 atom stereocenters. The zero-order valence-corrected chi connectivity index (χ0v) is 8.11. The number of nitrogens with zero attached hydrogens (tertiary/aromatic N) is 3. The number of rotatable bonds is 2. The maximum absolute atomic E-state index is 10.4. The van der Waals surface area contributed by atoms with E-state index >= 15 is 0 Å². The van der Waals surface area contributed by atoms with Crippen LogP contribution in [0, 0.1) is 4.91 Å². The minimum Gasteiger partial charge on any atom is -0.264 e. The fourth-order valence-corrected chi connectivity index (χ4v) is 1.48. The highest BCUT2D eigenvalue weighted by atomic mass is 35.5. The molecule has 0 N–H and O–H groups in total. The van der Waals surface area contributed by atoms with Gasteiger partial charge in [0.15, 0.2) is 5.84 Å². The third kappa shape index (κ3) is 1.61. The number of aliphatic imine (C=N–C) groups is 1. The van der Waals surface area contributed by atoms with Gasteiger partial charge in [-0.3, -0.25) is 4.99 Å². The van der Waals surface area contributed by atoms with E-state index in [0.717, 1.165) is 5.56 Å². The van der Waals surface area contributed by atoms with E-state index in [4.69, 9.17) is 11.6 Å². The molecule has 0 spiro atoms. The summed E-state index contributed by atoms with van der Waals surface area (Å²) < 4.78 is 0. The van der Waals surface area contributed by atoms with Crippen molar-refractivity contribution in [2.45, 2.75) is 0 Å². The number of benzene rings is 1. The van der Waals surface area contributed by atoms with Gasteiger partial charge in [-0.25, -0.2) is 5.01 Å². The molecule has 0 saturated carbocycles. The SMILES string of the molecule is O=NN1CCN=C1c1ccc(Cl)cc1. The smallest absolute Gasteiger partial charge is 0.154 e. The van der Waals surface area contributed by atoms with Crippen LogP contribution in [0.3, 0.4) is 0 Å². The highest BCUT2D eigenvalue weighted by Crippen LogP contribution is 2.14. The Morgan fingerprint density at radius 2 is 2.07 bits per heavy atom. The topological polar surface area (TPSA) is 45.0 Å². The van der Waals surface area contributed by atoms with E-state index in [1.165, 1.54) is 5.01 Å². The number of hydrogen-bond donors (Lipinski definition) is 0. The van der Waals surface area contributed by atoms with Crippen molar-refractivity contribution in [2.75, 3.05) is 13.1 Å². The van der Waals surface area contributed by atoms with E-state index in [-0.39, 0.29) is 0 Å². The van der Waals surface area contributed by atoms with Crippen LogP contribution in [0.5, 0.6) is 0 Å². The quantitative estimate of drug-likeness (QED) is 0.700. The molecule has 1 aliphatic heterocycles. The van der Waals surface area contributed by atoms with Crippen molar-refractivity contribution in [3.05, 3.63) is 39.8 Å². The first-order valence-corrected chi connectivity index (χ1v) is 4.60. The van der Waals surface area contributed by atoms with Crippen LogP contribution in [-0.2, 0) is 0 Å². The normalized spacial score (nSPS) is 15.5. The Hall–Kier alpha value is -1.42. The van der Waals surface area contributed by atoms with Gasteiger partial charge in [-0.05, 0) is 24.3 Å². The Balaban J connectivity index is 2.30. The number of halogens is 1. The second kappa shape index (κ2) is 3.75. The van der Waals surface area contributed by atoms with Crippen molar-refractivity contribution >= 4 is 17.4 Å². The average Bonchev–Trinajstić information content (AvgIpc) is 2.67. The van der Waals surface area contributed by atoms with E-state index in [1.54, 1.807) is 12.1 Å². The second-order valence-corrected chi connectivity index (χ2v) is 3.35. The van der Waals surface area contributed by atoms with Gasteiger partial charge in [-0.1, -0.05) is 11.6 Å². The summed E-state index contributed by atoms with van der Waals surface area (Å²) in [5.41, 5.74) is 0.867. The Bertz CT molecular complexity index is 374. The summed E-state index contributed by atoms with van der Waals surface area (Å²) in [5, 5.41) is 4.90. The molecule has 0 unspecified atom stereocenters. The van der Waals surface area contributed by atoms with Gasteiger partial charge >= 0.3 is 0 Å². The zero-order valence-electron chi connectivity index (χ0n) is 7.35. The fraction of sp³-hybridized carbons (Fsp3) is 0.222. The van der Waals surface area contributed by atoms with Crippen LogP contribution in [0.25, 0.3) is 0 Å². The molecule has 0 radical (unpaired) electrons. The van der Waals surface area contributed by atoms with Crippen molar-refractivity contribution in [1.82, 2.24) is 5.01 Å². The number of nitroso groups, excluding NO2 is 1. The fourth-order valence-electron chi connectivity index (χ4n) is 1.36. The molecule has 0 bridgehead atoms. The van der Waals surface area contributed by atoms with Gasteiger partial charge in [0.25, 0.3) is 0 Å². The van der Waals surface area contributed by atoms with Crippen molar-refractivity contribution in [3.8, 4) is 0 Å². The lowest BCUT2D eigenvalue weighted by Crippen LogP contribution is -2.21. The van der Waals surface area contributed by atoms with Crippen LogP contribution in [0.1, 0.15) is 5.56 Å². The van der Waals surface area contributed by atoms with Crippen LogP contribution in [0.15, 0.2) is 34.5 Å². The monoisotopic (exact) mass is 209 g/mol. The summed E-state index contributed by atoms with van der Waals surface area (Å²) in [6.45, 7) is 1.17. The molecule has 1 aliphatic rings. The predicted octanol–water partition coefficient (Wildman–Crippen LogP) is 2.08. The molecule has 5 heteroatoms. The Kier molecular flexibility index (Phi) is 2.45. The van der Waals surface area contributed by atoms with Crippen molar-refractivity contribution in [2.24, 2.45) is 10.3 Å². The molecule has 0 aliphatic carbocycles. The van der Waals surface area contributed by atoms with E-state index in [9.17, 15) is 4.91 Å². The van der Waals surface area contributed by atoms with E-state index in [1.807, 2.05) is 12.1 Å². The minimum absolute atomic E-state index is 0.557. The van der Waals surface area contributed by atoms with Gasteiger partial charge in [0.1, 0.15) is 0 Å². The molecule has 1 aromatic rings. The lowest BCUT2D eigenvalue weighted by molar-refractivity contribution is 0.483. The van der Waals surface area contributed by atoms with Crippen molar-refractivity contribution < 1.29 is 0 Å². The Morgan fingerprint density at radius 3 is 2.71 bits per heavy atom. The maximum Gasteiger partial charge on any atom is 0.154 e. The van der Waals surface area contributed by atoms with E-state index in [0.29, 0.717) is 23.9 Å². The van der Waals surface area contributed by atoms with Gasteiger partial charge in [0.2, 0.25) is 0 Å². The Labute approximate surface area is 86.1 Å². The summed E-state index contributed by atoms with van der Waals surface area (Å²) in [7, 11) is 0. The second-order valence-electron chi connectivity index (χ2n) is 2.92. The van der Waals surface area contributed by atoms with Crippen LogP contribution in [-0.4, -0.2) is 23.9 Å². The minimum atomic E-state index is 0.557. The standard InChI is InChI=1S/C9H8ClN3O/c10-8-3-1-7(2-4-8)9-11-5-6-13(9)12-14/h1-4H,5-6H2. The van der Waals surface area contributed by atoms with Crippen molar-refractivity contribution in [1.29, 1.82) is 0 Å². The molecule has 0 aromatic heterocycles. The lowest BCUT2D eigenvalue weighted by atomic mass is 10.2. The molecule has 0 fully saturated rings. The average molecular weight is 210 g/mol. The first-order valence-electron chi connectivity index (χ1n) is 4.22. The van der Waals surface area contributed by atoms with Gasteiger partial charge in [0, 0.05) is 10.6 Å². The summed E-state index contributed by atoms with van der Waals surface area (Å²) in [6.07, 6.45) is 0. The largest absolute Gasteiger partial charge is 0.264 e. The van der Waals surface area contributed by atoms with Crippen LogP contribution in [0.4, 0.5) is 0 Å². The molecular weight excluding hydrogens is 202 g/mol. The molecule has 1 heterocycles. The van der Waals surface area contributed by atoms with E-state index < -0.39 is 0 Å². The zero-order chi connectivity index (χ0) is 9.97. The maximum atomic E-state index is 10.4. The molecule has 4 nitrogen and oxygen atoms in total. The first kappa shape index (κ1) is 9.15. The van der Waals surface area contributed by atoms with Gasteiger partial charge in [-0.2, -0.15) is 0 Å². The molecule has 2 rings (SSSR count). The summed E-state index contributed by atoms with van der Waals surface area (Å²) in [4.78, 5) is 14.6. The van der Waals surface area contributed by atoms with Gasteiger partial charge in [0.05, 0.1) is 18.4 Å². The summed E-state index contributed by atoms with van der Waals surface area (Å²) in [5.74, 6) is 0.622. The first-order chi connectivity index (χ1) is 6.81. The third-order valence-corrected chi connectivity index (χ3v) is 2.27. The molecule has 1 aromatic carbocycles.